The number of primary amides is 1. The SMILES string of the molecule is NC(=O)c1cccc(-c2ncccc2C(=O)Nc2ccc(-c3ccccc3S(N)(=O)=O)cn2)c1. The Morgan fingerprint density at radius 2 is 1.65 bits per heavy atom. The third kappa shape index (κ3) is 4.82. The summed E-state index contributed by atoms with van der Waals surface area (Å²) in [5.41, 5.74) is 7.79. The number of benzene rings is 2. The molecule has 2 aromatic carbocycles. The lowest BCUT2D eigenvalue weighted by molar-refractivity contribution is 0.0998. The number of hydrogen-bond acceptors (Lipinski definition) is 6. The fourth-order valence-electron chi connectivity index (χ4n) is 3.40. The summed E-state index contributed by atoms with van der Waals surface area (Å²) in [6.45, 7) is 0. The number of aromatic nitrogens is 2. The second-order valence-corrected chi connectivity index (χ2v) is 8.80. The van der Waals surface area contributed by atoms with Crippen molar-refractivity contribution in [2.75, 3.05) is 5.32 Å². The summed E-state index contributed by atoms with van der Waals surface area (Å²) >= 11 is 0. The van der Waals surface area contributed by atoms with E-state index in [0.29, 0.717) is 27.9 Å². The van der Waals surface area contributed by atoms with Gasteiger partial charge in [-0.1, -0.05) is 30.3 Å². The number of nitrogens with zero attached hydrogens (tertiary/aromatic N) is 2. The number of hydrogen-bond donors (Lipinski definition) is 3. The number of nitrogens with two attached hydrogens (primary N) is 2. The highest BCUT2D eigenvalue weighted by Crippen LogP contribution is 2.27. The van der Waals surface area contributed by atoms with Gasteiger partial charge in [0, 0.05) is 34.6 Å². The van der Waals surface area contributed by atoms with Crippen molar-refractivity contribution in [2.45, 2.75) is 4.90 Å². The first-order chi connectivity index (χ1) is 16.2. The minimum Gasteiger partial charge on any atom is -0.366 e. The molecule has 0 unspecified atom stereocenters. The molecular formula is C24H19N5O4S. The average Bonchev–Trinajstić information content (AvgIpc) is 2.84. The third-order valence-corrected chi connectivity index (χ3v) is 5.95. The van der Waals surface area contributed by atoms with Crippen molar-refractivity contribution in [3.05, 3.63) is 96.3 Å². The Balaban J connectivity index is 1.61. The maximum absolute atomic E-state index is 13.0. The van der Waals surface area contributed by atoms with Crippen LogP contribution in [0.3, 0.4) is 0 Å². The van der Waals surface area contributed by atoms with Gasteiger partial charge in [-0.15, -0.1) is 0 Å². The van der Waals surface area contributed by atoms with Crippen LogP contribution in [0.25, 0.3) is 22.4 Å². The molecule has 9 nitrogen and oxygen atoms in total. The van der Waals surface area contributed by atoms with Crippen LogP contribution in [0.5, 0.6) is 0 Å². The number of carbonyl (C=O) groups excluding carboxylic acids is 2. The molecule has 2 amide bonds. The Hall–Kier alpha value is -4.41. The molecule has 10 heteroatoms. The molecule has 2 heterocycles. The fourth-order valence-corrected chi connectivity index (χ4v) is 4.16. The van der Waals surface area contributed by atoms with Gasteiger partial charge < -0.3 is 11.1 Å². The quantitative estimate of drug-likeness (QED) is 0.391. The maximum atomic E-state index is 13.0. The Bertz CT molecular complexity index is 1500. The van der Waals surface area contributed by atoms with Crippen LogP contribution in [0.15, 0.2) is 90.1 Å². The average molecular weight is 474 g/mol. The number of rotatable bonds is 6. The second-order valence-electron chi connectivity index (χ2n) is 7.27. The van der Waals surface area contributed by atoms with Gasteiger partial charge in [-0.25, -0.2) is 18.5 Å². The van der Waals surface area contributed by atoms with Gasteiger partial charge in [-0.05, 0) is 42.5 Å². The van der Waals surface area contributed by atoms with E-state index in [9.17, 15) is 18.0 Å². The van der Waals surface area contributed by atoms with Gasteiger partial charge in [0.1, 0.15) is 5.82 Å². The molecule has 0 fully saturated rings. The van der Waals surface area contributed by atoms with Crippen LogP contribution in [0.4, 0.5) is 5.82 Å². The summed E-state index contributed by atoms with van der Waals surface area (Å²) in [6, 6.07) is 19.2. The van der Waals surface area contributed by atoms with Crippen molar-refractivity contribution in [1.82, 2.24) is 9.97 Å². The maximum Gasteiger partial charge on any atom is 0.259 e. The molecule has 0 bridgehead atoms. The minimum absolute atomic E-state index is 0.0215. The van der Waals surface area contributed by atoms with Crippen molar-refractivity contribution >= 4 is 27.7 Å². The van der Waals surface area contributed by atoms with Gasteiger partial charge in [0.25, 0.3) is 5.91 Å². The van der Waals surface area contributed by atoms with Crippen molar-refractivity contribution in [2.24, 2.45) is 10.9 Å². The molecule has 5 N–H and O–H groups in total. The Kier molecular flexibility index (Phi) is 6.17. The van der Waals surface area contributed by atoms with Crippen LogP contribution in [0.1, 0.15) is 20.7 Å². The van der Waals surface area contributed by atoms with E-state index in [1.165, 1.54) is 12.3 Å². The molecule has 0 aliphatic heterocycles. The Morgan fingerprint density at radius 1 is 0.853 bits per heavy atom. The molecule has 34 heavy (non-hydrogen) atoms. The summed E-state index contributed by atoms with van der Waals surface area (Å²) in [7, 11) is -3.92. The lowest BCUT2D eigenvalue weighted by Crippen LogP contribution is -2.15. The van der Waals surface area contributed by atoms with Crippen LogP contribution in [-0.2, 0) is 10.0 Å². The Morgan fingerprint density at radius 3 is 2.35 bits per heavy atom. The van der Waals surface area contributed by atoms with Crippen LogP contribution in [0, 0.1) is 0 Å². The van der Waals surface area contributed by atoms with Crippen molar-refractivity contribution < 1.29 is 18.0 Å². The Labute approximate surface area is 195 Å². The van der Waals surface area contributed by atoms with Gasteiger partial charge in [0.15, 0.2) is 0 Å². The monoisotopic (exact) mass is 473 g/mol. The summed E-state index contributed by atoms with van der Waals surface area (Å²) in [4.78, 5) is 33.0. The van der Waals surface area contributed by atoms with Crippen molar-refractivity contribution in [3.8, 4) is 22.4 Å². The van der Waals surface area contributed by atoms with Gasteiger partial charge in [0.2, 0.25) is 15.9 Å². The summed E-state index contributed by atoms with van der Waals surface area (Å²) < 4.78 is 23.7. The number of pyridine rings is 2. The van der Waals surface area contributed by atoms with E-state index in [4.69, 9.17) is 10.9 Å². The lowest BCUT2D eigenvalue weighted by atomic mass is 10.0. The molecule has 2 aromatic heterocycles. The number of amides is 2. The zero-order chi connectivity index (χ0) is 24.3. The van der Waals surface area contributed by atoms with E-state index in [1.807, 2.05) is 0 Å². The van der Waals surface area contributed by atoms with E-state index in [-0.39, 0.29) is 16.3 Å². The normalized spacial score (nSPS) is 11.1. The molecule has 0 aliphatic carbocycles. The summed E-state index contributed by atoms with van der Waals surface area (Å²) in [5, 5.41) is 8.01. The molecule has 0 atom stereocenters. The largest absolute Gasteiger partial charge is 0.366 e. The van der Waals surface area contributed by atoms with E-state index < -0.39 is 21.8 Å². The smallest absolute Gasteiger partial charge is 0.259 e. The minimum atomic E-state index is -3.92. The summed E-state index contributed by atoms with van der Waals surface area (Å²) in [6.07, 6.45) is 2.99. The van der Waals surface area contributed by atoms with E-state index >= 15 is 0 Å². The molecular weight excluding hydrogens is 454 g/mol. The standard InChI is InChI=1S/C24H19N5O4S/c25-23(30)16-6-3-5-15(13-16)22-19(8-4-12-27-22)24(31)29-21-11-10-17(14-28-21)18-7-1-2-9-20(18)34(26,32)33/h1-14H,(H2,25,30)(H2,26,32,33)(H,28,29,31). The molecule has 0 aliphatic rings. The first-order valence-electron chi connectivity index (χ1n) is 9.99. The predicted octanol–water partition coefficient (Wildman–Crippen LogP) is 2.81. The van der Waals surface area contributed by atoms with E-state index in [0.717, 1.165) is 0 Å². The van der Waals surface area contributed by atoms with Crippen LogP contribution in [0.2, 0.25) is 0 Å². The molecule has 0 radical (unpaired) electrons. The van der Waals surface area contributed by atoms with Gasteiger partial charge in [-0.2, -0.15) is 0 Å². The van der Waals surface area contributed by atoms with Crippen LogP contribution < -0.4 is 16.2 Å². The second kappa shape index (κ2) is 9.22. The highest BCUT2D eigenvalue weighted by molar-refractivity contribution is 7.89. The van der Waals surface area contributed by atoms with E-state index in [1.54, 1.807) is 72.9 Å². The molecule has 4 rings (SSSR count). The topological polar surface area (TPSA) is 158 Å². The zero-order valence-electron chi connectivity index (χ0n) is 17.7. The fraction of sp³-hybridized carbons (Fsp3) is 0. The van der Waals surface area contributed by atoms with Gasteiger partial charge >= 0.3 is 0 Å². The number of primary sulfonamides is 1. The van der Waals surface area contributed by atoms with Crippen molar-refractivity contribution in [3.63, 3.8) is 0 Å². The zero-order valence-corrected chi connectivity index (χ0v) is 18.5. The molecule has 170 valence electrons. The molecule has 0 spiro atoms. The first-order valence-corrected chi connectivity index (χ1v) is 11.5. The van der Waals surface area contributed by atoms with Gasteiger partial charge in [-0.3, -0.25) is 14.6 Å². The lowest BCUT2D eigenvalue weighted by Gasteiger charge is -2.11. The first kappa shape index (κ1) is 22.8. The van der Waals surface area contributed by atoms with Crippen LogP contribution >= 0.6 is 0 Å². The van der Waals surface area contributed by atoms with Gasteiger partial charge in [0.05, 0.1) is 16.2 Å². The summed E-state index contributed by atoms with van der Waals surface area (Å²) in [5.74, 6) is -0.794. The molecule has 0 saturated heterocycles. The molecule has 4 aromatic rings. The van der Waals surface area contributed by atoms with Crippen LogP contribution in [-0.4, -0.2) is 30.2 Å². The highest BCUT2D eigenvalue weighted by atomic mass is 32.2. The van der Waals surface area contributed by atoms with Crippen molar-refractivity contribution in [1.29, 1.82) is 0 Å². The number of carbonyl (C=O) groups is 2. The number of anilines is 1. The van der Waals surface area contributed by atoms with E-state index in [2.05, 4.69) is 15.3 Å². The molecule has 0 saturated carbocycles. The number of sulfonamides is 1. The highest BCUT2D eigenvalue weighted by Gasteiger charge is 2.17. The number of nitrogens with one attached hydrogen (secondary N) is 1. The third-order valence-electron chi connectivity index (χ3n) is 4.98. The predicted molar refractivity (Wildman–Crippen MR) is 127 cm³/mol.